The highest BCUT2D eigenvalue weighted by atomic mass is 15.1. The van der Waals surface area contributed by atoms with Crippen LogP contribution in [0, 0.1) is 24.2 Å². The maximum atomic E-state index is 9.07. The summed E-state index contributed by atoms with van der Waals surface area (Å²) >= 11 is 0. The molecular weight excluding hydrogens is 208 g/mol. The zero-order valence-electron chi connectivity index (χ0n) is 10.7. The van der Waals surface area contributed by atoms with Gasteiger partial charge in [0.15, 0.2) is 0 Å². The lowest BCUT2D eigenvalue weighted by atomic mass is 9.96. The molecule has 1 unspecified atom stereocenters. The zero-order chi connectivity index (χ0) is 12.3. The number of rotatable bonds is 2. The Morgan fingerprint density at radius 3 is 3.00 bits per heavy atom. The zero-order valence-corrected chi connectivity index (χ0v) is 10.7. The van der Waals surface area contributed by atoms with Gasteiger partial charge in [0.25, 0.3) is 0 Å². The Bertz CT molecular complexity index is 431. The van der Waals surface area contributed by atoms with Crippen molar-refractivity contribution in [1.82, 2.24) is 0 Å². The summed E-state index contributed by atoms with van der Waals surface area (Å²) in [6.45, 7) is 6.36. The molecule has 0 amide bonds. The Kier molecular flexibility index (Phi) is 3.68. The van der Waals surface area contributed by atoms with Crippen molar-refractivity contribution >= 4 is 5.69 Å². The molecule has 0 radical (unpaired) electrons. The number of benzene rings is 1. The first kappa shape index (κ1) is 12.0. The Hall–Kier alpha value is -1.49. The fraction of sp³-hybridized carbons (Fsp3) is 0.533. The van der Waals surface area contributed by atoms with Crippen LogP contribution in [0.15, 0.2) is 18.2 Å². The van der Waals surface area contributed by atoms with E-state index in [-0.39, 0.29) is 5.92 Å². The molecule has 1 saturated heterocycles. The number of para-hydroxylation sites is 1. The van der Waals surface area contributed by atoms with Gasteiger partial charge in [-0.1, -0.05) is 25.1 Å². The lowest BCUT2D eigenvalue weighted by molar-refractivity contribution is 0.492. The number of hydrogen-bond acceptors (Lipinski definition) is 2. The molecule has 2 rings (SSSR count). The van der Waals surface area contributed by atoms with Gasteiger partial charge in [-0.05, 0) is 37.3 Å². The second-order valence-corrected chi connectivity index (χ2v) is 4.85. The van der Waals surface area contributed by atoms with Gasteiger partial charge in [-0.25, -0.2) is 0 Å². The van der Waals surface area contributed by atoms with Crippen molar-refractivity contribution in [2.24, 2.45) is 5.92 Å². The van der Waals surface area contributed by atoms with Crippen LogP contribution < -0.4 is 4.90 Å². The predicted molar refractivity (Wildman–Crippen MR) is 71.1 cm³/mol. The van der Waals surface area contributed by atoms with Gasteiger partial charge in [-0.3, -0.25) is 0 Å². The minimum atomic E-state index is 0.202. The van der Waals surface area contributed by atoms with Gasteiger partial charge in [0.05, 0.1) is 12.0 Å². The Labute approximate surface area is 104 Å². The first-order valence-electron chi connectivity index (χ1n) is 6.49. The summed E-state index contributed by atoms with van der Waals surface area (Å²) in [6.07, 6.45) is 3.25. The lowest BCUT2D eigenvalue weighted by Gasteiger charge is -2.34. The quantitative estimate of drug-likeness (QED) is 0.776. The fourth-order valence-electron chi connectivity index (χ4n) is 2.74. The second kappa shape index (κ2) is 5.23. The minimum absolute atomic E-state index is 0.202. The molecule has 0 aromatic heterocycles. The molecule has 0 saturated carbocycles. The average Bonchev–Trinajstić information content (AvgIpc) is 2.38. The first-order chi connectivity index (χ1) is 8.26. The molecule has 1 atom stereocenters. The van der Waals surface area contributed by atoms with Crippen LogP contribution in [0.5, 0.6) is 0 Å². The highest BCUT2D eigenvalue weighted by Crippen LogP contribution is 2.29. The van der Waals surface area contributed by atoms with Crippen LogP contribution in [0.4, 0.5) is 5.69 Å². The molecule has 1 fully saturated rings. The summed E-state index contributed by atoms with van der Waals surface area (Å²) in [5.41, 5.74) is 4.11. The van der Waals surface area contributed by atoms with E-state index in [2.05, 4.69) is 43.0 Å². The highest BCUT2D eigenvalue weighted by molar-refractivity contribution is 5.59. The first-order valence-corrected chi connectivity index (χ1v) is 6.49. The number of hydrogen-bond donors (Lipinski definition) is 0. The van der Waals surface area contributed by atoms with Gasteiger partial charge in [0, 0.05) is 18.8 Å². The smallest absolute Gasteiger partial charge is 0.0674 e. The third-order valence-electron chi connectivity index (χ3n) is 3.62. The van der Waals surface area contributed by atoms with Gasteiger partial charge in [0.2, 0.25) is 0 Å². The predicted octanol–water partition coefficient (Wildman–Crippen LogP) is 3.30. The van der Waals surface area contributed by atoms with Crippen molar-refractivity contribution in [3.05, 3.63) is 29.3 Å². The van der Waals surface area contributed by atoms with Crippen molar-refractivity contribution in [2.45, 2.75) is 33.1 Å². The highest BCUT2D eigenvalue weighted by Gasteiger charge is 2.22. The third kappa shape index (κ3) is 2.44. The van der Waals surface area contributed by atoms with Gasteiger partial charge in [-0.15, -0.1) is 0 Å². The second-order valence-electron chi connectivity index (χ2n) is 4.85. The van der Waals surface area contributed by atoms with E-state index in [0.717, 1.165) is 32.4 Å². The molecule has 1 aliphatic rings. The third-order valence-corrected chi connectivity index (χ3v) is 3.62. The van der Waals surface area contributed by atoms with E-state index >= 15 is 0 Å². The molecule has 90 valence electrons. The van der Waals surface area contributed by atoms with Crippen LogP contribution in [-0.4, -0.2) is 13.1 Å². The summed E-state index contributed by atoms with van der Waals surface area (Å²) in [5, 5.41) is 9.07. The summed E-state index contributed by atoms with van der Waals surface area (Å²) < 4.78 is 0. The van der Waals surface area contributed by atoms with Gasteiger partial charge < -0.3 is 4.90 Å². The Balaban J connectivity index is 2.30. The van der Waals surface area contributed by atoms with Gasteiger partial charge in [0.1, 0.15) is 0 Å². The van der Waals surface area contributed by atoms with E-state index in [1.54, 1.807) is 0 Å². The molecule has 17 heavy (non-hydrogen) atoms. The molecule has 0 bridgehead atoms. The molecular formula is C15H20N2. The van der Waals surface area contributed by atoms with Crippen LogP contribution in [0.1, 0.15) is 30.9 Å². The minimum Gasteiger partial charge on any atom is -0.370 e. The topological polar surface area (TPSA) is 27.0 Å². The summed E-state index contributed by atoms with van der Waals surface area (Å²) in [4.78, 5) is 2.41. The summed E-state index contributed by atoms with van der Waals surface area (Å²) in [7, 11) is 0. The number of aryl methyl sites for hydroxylation is 2. The fourth-order valence-corrected chi connectivity index (χ4v) is 2.74. The van der Waals surface area contributed by atoms with Gasteiger partial charge >= 0.3 is 0 Å². The van der Waals surface area contributed by atoms with E-state index in [1.165, 1.54) is 16.8 Å². The number of nitriles is 1. The monoisotopic (exact) mass is 228 g/mol. The number of anilines is 1. The number of nitrogens with zero attached hydrogens (tertiary/aromatic N) is 2. The molecule has 0 N–H and O–H groups in total. The van der Waals surface area contributed by atoms with Crippen molar-refractivity contribution in [2.75, 3.05) is 18.0 Å². The largest absolute Gasteiger partial charge is 0.370 e. The van der Waals surface area contributed by atoms with Crippen LogP contribution in [0.3, 0.4) is 0 Å². The van der Waals surface area contributed by atoms with Crippen LogP contribution in [-0.2, 0) is 6.42 Å². The van der Waals surface area contributed by atoms with Crippen molar-refractivity contribution in [3.63, 3.8) is 0 Å². The van der Waals surface area contributed by atoms with Crippen LogP contribution in [0.2, 0.25) is 0 Å². The molecule has 1 aromatic rings. The Morgan fingerprint density at radius 1 is 1.47 bits per heavy atom. The summed E-state index contributed by atoms with van der Waals surface area (Å²) in [6, 6.07) is 8.93. The van der Waals surface area contributed by atoms with Gasteiger partial charge in [-0.2, -0.15) is 5.26 Å². The molecule has 1 aromatic carbocycles. The standard InChI is InChI=1S/C15H20N2/c1-3-14-8-4-6-12(2)15(14)17-9-5-7-13(10-16)11-17/h4,6,8,13H,3,5,7,9,11H2,1-2H3. The lowest BCUT2D eigenvalue weighted by Crippen LogP contribution is -2.35. The van der Waals surface area contributed by atoms with Crippen molar-refractivity contribution < 1.29 is 0 Å². The average molecular weight is 228 g/mol. The van der Waals surface area contributed by atoms with E-state index in [9.17, 15) is 0 Å². The van der Waals surface area contributed by atoms with E-state index in [4.69, 9.17) is 5.26 Å². The van der Waals surface area contributed by atoms with Crippen LogP contribution in [0.25, 0.3) is 0 Å². The SMILES string of the molecule is CCc1cccc(C)c1N1CCCC(C#N)C1. The number of piperidine rings is 1. The van der Waals surface area contributed by atoms with E-state index in [1.807, 2.05) is 0 Å². The molecule has 2 heteroatoms. The molecule has 0 aliphatic carbocycles. The molecule has 1 aliphatic heterocycles. The maximum absolute atomic E-state index is 9.07. The van der Waals surface area contributed by atoms with E-state index in [0.29, 0.717) is 0 Å². The van der Waals surface area contributed by atoms with Crippen molar-refractivity contribution in [1.29, 1.82) is 5.26 Å². The molecule has 0 spiro atoms. The summed E-state index contributed by atoms with van der Waals surface area (Å²) in [5.74, 6) is 0.202. The maximum Gasteiger partial charge on any atom is 0.0674 e. The normalized spacial score (nSPS) is 20.1. The Morgan fingerprint density at radius 2 is 2.29 bits per heavy atom. The van der Waals surface area contributed by atoms with Crippen molar-refractivity contribution in [3.8, 4) is 6.07 Å². The molecule has 2 nitrogen and oxygen atoms in total. The van der Waals surface area contributed by atoms with E-state index < -0.39 is 0 Å². The van der Waals surface area contributed by atoms with Crippen LogP contribution >= 0.6 is 0 Å². The molecule has 1 heterocycles.